The van der Waals surface area contributed by atoms with Crippen LogP contribution in [0.25, 0.3) is 10.8 Å². The monoisotopic (exact) mass is 419 g/mol. The van der Waals surface area contributed by atoms with E-state index in [1.165, 1.54) is 6.07 Å². The van der Waals surface area contributed by atoms with Gasteiger partial charge in [-0.3, -0.25) is 9.79 Å². The molecule has 1 atom stereocenters. The van der Waals surface area contributed by atoms with Crippen LogP contribution in [0.4, 0.5) is 4.39 Å². The molecule has 160 valence electrons. The summed E-state index contributed by atoms with van der Waals surface area (Å²) in [6.07, 6.45) is 5.00. The van der Waals surface area contributed by atoms with Crippen molar-refractivity contribution in [2.45, 2.75) is 50.9 Å². The zero-order chi connectivity index (χ0) is 21.4. The molecule has 1 fully saturated rings. The first-order valence-electron chi connectivity index (χ1n) is 10.9. The minimum absolute atomic E-state index is 0.0460. The Hall–Kier alpha value is -2.99. The molecule has 6 heteroatoms. The lowest BCUT2D eigenvalue weighted by Gasteiger charge is -2.32. The van der Waals surface area contributed by atoms with Gasteiger partial charge < -0.3 is 15.0 Å². The summed E-state index contributed by atoms with van der Waals surface area (Å²) in [5.74, 6) is -0.155. The topological polar surface area (TPSA) is 66.6 Å². The molecule has 1 unspecified atom stereocenters. The summed E-state index contributed by atoms with van der Waals surface area (Å²) in [6.45, 7) is 0.476. The summed E-state index contributed by atoms with van der Waals surface area (Å²) in [4.78, 5) is 16.7. The van der Waals surface area contributed by atoms with Gasteiger partial charge in [-0.15, -0.1) is 0 Å². The molecule has 0 radical (unpaired) electrons. The second kappa shape index (κ2) is 8.27. The van der Waals surface area contributed by atoms with E-state index in [0.29, 0.717) is 24.0 Å². The van der Waals surface area contributed by atoms with E-state index >= 15 is 0 Å². The van der Waals surface area contributed by atoms with Crippen molar-refractivity contribution in [2.24, 2.45) is 10.9 Å². The Balaban J connectivity index is 1.24. The number of aliphatic hydroxyl groups is 1. The van der Waals surface area contributed by atoms with Crippen molar-refractivity contribution in [2.75, 3.05) is 0 Å². The van der Waals surface area contributed by atoms with Crippen molar-refractivity contribution in [3.05, 3.63) is 71.3 Å². The number of carbonyl (C=O) groups excluding carboxylic acids is 1. The highest BCUT2D eigenvalue weighted by atomic mass is 19.1. The number of hydrogen-bond acceptors (Lipinski definition) is 3. The largest absolute Gasteiger partial charge is 0.392 e. The van der Waals surface area contributed by atoms with Gasteiger partial charge in [0.2, 0.25) is 0 Å². The molecular formula is C25H26FN3O2. The molecule has 0 spiro atoms. The maximum atomic E-state index is 14.6. The Morgan fingerprint density at radius 3 is 2.68 bits per heavy atom. The number of aliphatic hydroxyl groups excluding tert-OH is 1. The number of carbonyl (C=O) groups is 1. The summed E-state index contributed by atoms with van der Waals surface area (Å²) in [6, 6.07) is 14.5. The van der Waals surface area contributed by atoms with E-state index in [1.807, 2.05) is 41.0 Å². The zero-order valence-electron chi connectivity index (χ0n) is 17.3. The van der Waals surface area contributed by atoms with Crippen LogP contribution in [0.2, 0.25) is 0 Å². The molecule has 0 bridgehead atoms. The molecule has 1 aliphatic carbocycles. The zero-order valence-corrected chi connectivity index (χ0v) is 17.3. The van der Waals surface area contributed by atoms with Crippen LogP contribution in [-0.4, -0.2) is 33.9 Å². The van der Waals surface area contributed by atoms with Gasteiger partial charge in [0.25, 0.3) is 5.91 Å². The van der Waals surface area contributed by atoms with Crippen LogP contribution in [0.15, 0.2) is 53.5 Å². The number of hydrogen-bond donors (Lipinski definition) is 2. The average Bonchev–Trinajstić information content (AvgIpc) is 3.38. The summed E-state index contributed by atoms with van der Waals surface area (Å²) >= 11 is 0. The Bertz CT molecular complexity index is 1130. The fraction of sp³-hybridized carbons (Fsp3) is 0.360. The van der Waals surface area contributed by atoms with Gasteiger partial charge >= 0.3 is 0 Å². The Morgan fingerprint density at radius 2 is 1.90 bits per heavy atom. The number of aromatic nitrogens is 1. The maximum Gasteiger partial charge on any atom is 0.251 e. The molecular weight excluding hydrogens is 393 g/mol. The molecule has 1 aliphatic heterocycles. The van der Waals surface area contributed by atoms with Crippen LogP contribution < -0.4 is 5.32 Å². The van der Waals surface area contributed by atoms with E-state index in [9.17, 15) is 14.3 Å². The van der Waals surface area contributed by atoms with E-state index in [1.54, 1.807) is 12.3 Å². The lowest BCUT2D eigenvalue weighted by Crippen LogP contribution is -2.39. The molecule has 2 aliphatic rings. The van der Waals surface area contributed by atoms with Crippen molar-refractivity contribution >= 4 is 22.9 Å². The summed E-state index contributed by atoms with van der Waals surface area (Å²) in [5.41, 5.74) is 2.42. The van der Waals surface area contributed by atoms with Gasteiger partial charge in [-0.25, -0.2) is 4.39 Å². The maximum absolute atomic E-state index is 14.6. The quantitative estimate of drug-likeness (QED) is 0.655. The number of fused-ring (bicyclic) bond motifs is 3. The fourth-order valence-electron chi connectivity index (χ4n) is 5.05. The van der Waals surface area contributed by atoms with Crippen LogP contribution in [0, 0.1) is 11.7 Å². The summed E-state index contributed by atoms with van der Waals surface area (Å²) in [7, 11) is 0. The van der Waals surface area contributed by atoms with Gasteiger partial charge in [-0.1, -0.05) is 30.3 Å². The molecule has 31 heavy (non-hydrogen) atoms. The van der Waals surface area contributed by atoms with E-state index in [0.717, 1.165) is 42.5 Å². The third-order valence-electron chi connectivity index (χ3n) is 6.72. The molecule has 2 aromatic carbocycles. The second-order valence-corrected chi connectivity index (χ2v) is 8.60. The van der Waals surface area contributed by atoms with E-state index in [4.69, 9.17) is 0 Å². The molecule has 1 saturated carbocycles. The number of halogens is 1. The number of benzene rings is 2. The van der Waals surface area contributed by atoms with Crippen LogP contribution >= 0.6 is 0 Å². The second-order valence-electron chi connectivity index (χ2n) is 8.60. The number of rotatable bonds is 5. The predicted molar refractivity (Wildman–Crippen MR) is 119 cm³/mol. The predicted octanol–water partition coefficient (Wildman–Crippen LogP) is 4.06. The third-order valence-corrected chi connectivity index (χ3v) is 6.72. The van der Waals surface area contributed by atoms with Crippen molar-refractivity contribution < 1.29 is 14.3 Å². The molecule has 5 nitrogen and oxygen atoms in total. The molecule has 3 aromatic rings. The average molecular weight is 420 g/mol. The Morgan fingerprint density at radius 1 is 1.13 bits per heavy atom. The smallest absolute Gasteiger partial charge is 0.251 e. The van der Waals surface area contributed by atoms with E-state index in [-0.39, 0.29) is 23.7 Å². The third kappa shape index (κ3) is 3.76. The Kier molecular flexibility index (Phi) is 5.32. The first kappa shape index (κ1) is 19.9. The van der Waals surface area contributed by atoms with Crippen molar-refractivity contribution in [1.29, 1.82) is 0 Å². The number of amides is 1. The number of nitrogens with one attached hydrogen (secondary N) is 1. The minimum atomic E-state index is -0.548. The summed E-state index contributed by atoms with van der Waals surface area (Å²) < 4.78 is 16.6. The lowest BCUT2D eigenvalue weighted by atomic mass is 9.81. The molecule has 2 heterocycles. The van der Waals surface area contributed by atoms with Gasteiger partial charge in [0.1, 0.15) is 12.5 Å². The van der Waals surface area contributed by atoms with Gasteiger partial charge in [0.05, 0.1) is 11.8 Å². The van der Waals surface area contributed by atoms with E-state index < -0.39 is 6.10 Å². The molecule has 2 N–H and O–H groups in total. The van der Waals surface area contributed by atoms with E-state index in [2.05, 4.69) is 10.3 Å². The lowest BCUT2D eigenvalue weighted by molar-refractivity contribution is 0.0734. The first-order valence-corrected chi connectivity index (χ1v) is 10.9. The number of aliphatic imine (C=N–C) groups is 1. The highest BCUT2D eigenvalue weighted by molar-refractivity contribution is 6.02. The van der Waals surface area contributed by atoms with Crippen LogP contribution in [0.5, 0.6) is 0 Å². The standard InChI is InChI=1S/C25H26FN3O2/c26-20-8-4-7-19-22-14-27-15-29(22)21(24(19)20)13-23(30)16-9-11-18(12-10-16)28-25(31)17-5-2-1-3-6-17/h1-8,14,16,18,23,30H,9-13,15H2,(H,28,31). The molecule has 5 rings (SSSR count). The SMILES string of the molecule is O=C(NC1CCC(C(O)Cc2c3c(F)cccc3c3n2CN=C3)CC1)c1ccccc1. The van der Waals surface area contributed by atoms with Crippen molar-refractivity contribution in [3.8, 4) is 0 Å². The highest BCUT2D eigenvalue weighted by Gasteiger charge is 2.30. The normalized spacial score (nSPS) is 21.2. The molecule has 0 saturated heterocycles. The molecule has 1 amide bonds. The number of nitrogens with zero attached hydrogens (tertiary/aromatic N) is 2. The van der Waals surface area contributed by atoms with Crippen LogP contribution in [0.1, 0.15) is 47.4 Å². The first-order chi connectivity index (χ1) is 15.1. The van der Waals surface area contributed by atoms with Crippen LogP contribution in [-0.2, 0) is 13.1 Å². The van der Waals surface area contributed by atoms with Gasteiger partial charge in [0.15, 0.2) is 0 Å². The van der Waals surface area contributed by atoms with Crippen molar-refractivity contribution in [1.82, 2.24) is 9.88 Å². The Labute approximate surface area is 180 Å². The fourth-order valence-corrected chi connectivity index (χ4v) is 5.05. The minimum Gasteiger partial charge on any atom is -0.392 e. The summed E-state index contributed by atoms with van der Waals surface area (Å²) in [5, 5.41) is 15.6. The van der Waals surface area contributed by atoms with Gasteiger partial charge in [0, 0.05) is 40.7 Å². The molecule has 1 aromatic heterocycles. The van der Waals surface area contributed by atoms with Gasteiger partial charge in [-0.2, -0.15) is 0 Å². The van der Waals surface area contributed by atoms with Gasteiger partial charge in [-0.05, 0) is 49.8 Å². The van der Waals surface area contributed by atoms with Crippen molar-refractivity contribution in [3.63, 3.8) is 0 Å². The highest BCUT2D eigenvalue weighted by Crippen LogP contribution is 2.34. The van der Waals surface area contributed by atoms with Crippen LogP contribution in [0.3, 0.4) is 0 Å².